The average molecular weight is 179 g/mol. The van der Waals surface area contributed by atoms with Crippen LogP contribution in [-0.2, 0) is 6.54 Å². The Balaban J connectivity index is 2.48. The van der Waals surface area contributed by atoms with Crippen molar-refractivity contribution >= 4 is 0 Å². The van der Waals surface area contributed by atoms with Crippen molar-refractivity contribution in [2.24, 2.45) is 0 Å². The number of aliphatic hydroxyl groups excluding tert-OH is 1. The van der Waals surface area contributed by atoms with Gasteiger partial charge in [0, 0.05) is 18.7 Å². The van der Waals surface area contributed by atoms with E-state index < -0.39 is 6.10 Å². The molecule has 1 heterocycles. The number of methoxy groups -OCH3 is 1. The molecule has 0 aliphatic carbocycles. The van der Waals surface area contributed by atoms with Gasteiger partial charge >= 0.3 is 0 Å². The van der Waals surface area contributed by atoms with Gasteiger partial charge in [-0.15, -0.1) is 0 Å². The van der Waals surface area contributed by atoms with Crippen molar-refractivity contribution in [3.05, 3.63) is 29.3 Å². The van der Waals surface area contributed by atoms with E-state index in [0.29, 0.717) is 6.54 Å². The molecule has 0 radical (unpaired) electrons. The number of hydrogen-bond donors (Lipinski definition) is 2. The molecule has 2 N–H and O–H groups in total. The fourth-order valence-corrected chi connectivity index (χ4v) is 1.72. The summed E-state index contributed by atoms with van der Waals surface area (Å²) in [7, 11) is 1.65. The van der Waals surface area contributed by atoms with Crippen molar-refractivity contribution in [3.8, 4) is 5.75 Å². The molecule has 0 amide bonds. The molecule has 70 valence electrons. The van der Waals surface area contributed by atoms with E-state index in [0.717, 1.165) is 23.4 Å². The van der Waals surface area contributed by atoms with Gasteiger partial charge in [0.2, 0.25) is 0 Å². The Morgan fingerprint density at radius 3 is 3.15 bits per heavy atom. The molecular weight excluding hydrogens is 166 g/mol. The molecule has 1 aliphatic heterocycles. The summed E-state index contributed by atoms with van der Waals surface area (Å²) in [5.74, 6) is 0.851. The lowest BCUT2D eigenvalue weighted by Gasteiger charge is -2.23. The minimum atomic E-state index is -0.404. The number of ether oxygens (including phenoxy) is 1. The standard InChI is InChI=1S/C10H13NO2/c1-13-10-4-2-3-7-8(10)5-11-6-9(7)12/h2-4,9,11-12H,5-6H2,1H3. The van der Waals surface area contributed by atoms with Crippen LogP contribution in [0.1, 0.15) is 17.2 Å². The zero-order valence-corrected chi connectivity index (χ0v) is 7.58. The van der Waals surface area contributed by atoms with Gasteiger partial charge in [-0.1, -0.05) is 12.1 Å². The van der Waals surface area contributed by atoms with E-state index in [1.54, 1.807) is 7.11 Å². The minimum absolute atomic E-state index is 0.404. The topological polar surface area (TPSA) is 41.5 Å². The highest BCUT2D eigenvalue weighted by atomic mass is 16.5. The Morgan fingerprint density at radius 2 is 2.38 bits per heavy atom. The van der Waals surface area contributed by atoms with Gasteiger partial charge in [-0.25, -0.2) is 0 Å². The first-order chi connectivity index (χ1) is 6.33. The Hall–Kier alpha value is -1.06. The van der Waals surface area contributed by atoms with Gasteiger partial charge in [0.25, 0.3) is 0 Å². The average Bonchev–Trinajstić information content (AvgIpc) is 2.18. The molecule has 0 saturated heterocycles. The molecule has 0 spiro atoms. The van der Waals surface area contributed by atoms with Gasteiger partial charge in [-0.3, -0.25) is 0 Å². The molecule has 1 atom stereocenters. The van der Waals surface area contributed by atoms with Gasteiger partial charge in [-0.05, 0) is 11.6 Å². The first kappa shape index (κ1) is 8.53. The Bertz CT molecular complexity index is 312. The molecule has 13 heavy (non-hydrogen) atoms. The third-order valence-electron chi connectivity index (χ3n) is 2.39. The summed E-state index contributed by atoms with van der Waals surface area (Å²) in [6.45, 7) is 1.40. The molecule has 0 aromatic heterocycles. The van der Waals surface area contributed by atoms with Crippen LogP contribution in [0.15, 0.2) is 18.2 Å². The maximum absolute atomic E-state index is 9.66. The fraction of sp³-hybridized carbons (Fsp3) is 0.400. The van der Waals surface area contributed by atoms with Crippen LogP contribution in [0.2, 0.25) is 0 Å². The van der Waals surface area contributed by atoms with E-state index in [9.17, 15) is 5.11 Å². The van der Waals surface area contributed by atoms with E-state index in [2.05, 4.69) is 5.32 Å². The zero-order chi connectivity index (χ0) is 9.26. The number of nitrogens with one attached hydrogen (secondary N) is 1. The summed E-state index contributed by atoms with van der Waals surface area (Å²) in [6, 6.07) is 5.77. The number of β-amino-alcohol motifs (C(OH)–C–C–N with tert-alkyl or cyclic N) is 1. The highest BCUT2D eigenvalue weighted by Crippen LogP contribution is 2.29. The molecule has 1 aliphatic rings. The predicted octanol–water partition coefficient (Wildman–Crippen LogP) is 0.832. The fourth-order valence-electron chi connectivity index (χ4n) is 1.72. The van der Waals surface area contributed by atoms with Crippen LogP contribution in [0.4, 0.5) is 0 Å². The van der Waals surface area contributed by atoms with Gasteiger partial charge in [-0.2, -0.15) is 0 Å². The quantitative estimate of drug-likeness (QED) is 0.671. The molecule has 2 rings (SSSR count). The lowest BCUT2D eigenvalue weighted by Crippen LogP contribution is -2.28. The number of benzene rings is 1. The van der Waals surface area contributed by atoms with E-state index in [1.165, 1.54) is 0 Å². The van der Waals surface area contributed by atoms with Crippen molar-refractivity contribution < 1.29 is 9.84 Å². The summed E-state index contributed by atoms with van der Waals surface area (Å²) < 4.78 is 5.21. The van der Waals surface area contributed by atoms with Crippen molar-refractivity contribution in [2.75, 3.05) is 13.7 Å². The van der Waals surface area contributed by atoms with Crippen LogP contribution >= 0.6 is 0 Å². The summed E-state index contributed by atoms with van der Waals surface area (Å²) in [6.07, 6.45) is -0.404. The molecular formula is C10H13NO2. The third kappa shape index (κ3) is 1.41. The first-order valence-corrected chi connectivity index (χ1v) is 4.37. The monoisotopic (exact) mass is 179 g/mol. The minimum Gasteiger partial charge on any atom is -0.496 e. The van der Waals surface area contributed by atoms with Crippen molar-refractivity contribution in [1.82, 2.24) is 5.32 Å². The second-order valence-electron chi connectivity index (χ2n) is 3.17. The van der Waals surface area contributed by atoms with Crippen molar-refractivity contribution in [1.29, 1.82) is 0 Å². The number of rotatable bonds is 1. The van der Waals surface area contributed by atoms with Crippen LogP contribution < -0.4 is 10.1 Å². The van der Waals surface area contributed by atoms with E-state index >= 15 is 0 Å². The Morgan fingerprint density at radius 1 is 1.54 bits per heavy atom. The normalized spacial score (nSPS) is 20.9. The molecule has 0 fully saturated rings. The van der Waals surface area contributed by atoms with Gasteiger partial charge < -0.3 is 15.2 Å². The van der Waals surface area contributed by atoms with Gasteiger partial charge in [0.1, 0.15) is 5.75 Å². The van der Waals surface area contributed by atoms with Crippen molar-refractivity contribution in [2.45, 2.75) is 12.6 Å². The largest absolute Gasteiger partial charge is 0.496 e. The molecule has 0 bridgehead atoms. The van der Waals surface area contributed by atoms with Crippen molar-refractivity contribution in [3.63, 3.8) is 0 Å². The molecule has 0 saturated carbocycles. The highest BCUT2D eigenvalue weighted by molar-refractivity contribution is 5.42. The number of hydrogen-bond acceptors (Lipinski definition) is 3. The van der Waals surface area contributed by atoms with Crippen LogP contribution in [0.5, 0.6) is 5.75 Å². The van der Waals surface area contributed by atoms with Gasteiger partial charge in [0.05, 0.1) is 13.2 Å². The first-order valence-electron chi connectivity index (χ1n) is 4.37. The summed E-state index contributed by atoms with van der Waals surface area (Å²) in [4.78, 5) is 0. The molecule has 3 heteroatoms. The van der Waals surface area contributed by atoms with E-state index in [4.69, 9.17) is 4.74 Å². The number of aliphatic hydroxyl groups is 1. The Labute approximate surface area is 77.3 Å². The number of fused-ring (bicyclic) bond motifs is 1. The lowest BCUT2D eigenvalue weighted by atomic mass is 9.98. The van der Waals surface area contributed by atoms with Crippen LogP contribution in [0, 0.1) is 0 Å². The van der Waals surface area contributed by atoms with Gasteiger partial charge in [0.15, 0.2) is 0 Å². The second kappa shape index (κ2) is 3.36. The molecule has 1 aromatic rings. The summed E-state index contributed by atoms with van der Waals surface area (Å²) >= 11 is 0. The lowest BCUT2D eigenvalue weighted by molar-refractivity contribution is 0.164. The summed E-state index contributed by atoms with van der Waals surface area (Å²) in [5.41, 5.74) is 2.06. The molecule has 3 nitrogen and oxygen atoms in total. The smallest absolute Gasteiger partial charge is 0.123 e. The van der Waals surface area contributed by atoms with Crippen LogP contribution in [0.25, 0.3) is 0 Å². The zero-order valence-electron chi connectivity index (χ0n) is 7.58. The Kier molecular flexibility index (Phi) is 2.20. The predicted molar refractivity (Wildman–Crippen MR) is 49.7 cm³/mol. The second-order valence-corrected chi connectivity index (χ2v) is 3.17. The summed E-state index contributed by atoms with van der Waals surface area (Å²) in [5, 5.41) is 12.8. The van der Waals surface area contributed by atoms with Crippen LogP contribution in [-0.4, -0.2) is 18.8 Å². The van der Waals surface area contributed by atoms with E-state index in [-0.39, 0.29) is 0 Å². The maximum atomic E-state index is 9.66. The molecule has 1 unspecified atom stereocenters. The highest BCUT2D eigenvalue weighted by Gasteiger charge is 2.19. The third-order valence-corrected chi connectivity index (χ3v) is 2.39. The van der Waals surface area contributed by atoms with E-state index in [1.807, 2.05) is 18.2 Å². The SMILES string of the molecule is COc1cccc2c1CNCC2O. The maximum Gasteiger partial charge on any atom is 0.123 e. The molecule has 1 aromatic carbocycles. The van der Waals surface area contributed by atoms with Crippen LogP contribution in [0.3, 0.4) is 0 Å².